The minimum atomic E-state index is -0.963. The Kier molecular flexibility index (Phi) is 6.58. The second kappa shape index (κ2) is 9.34. The molecule has 1 aromatic carbocycles. The van der Waals surface area contributed by atoms with Crippen molar-refractivity contribution in [3.63, 3.8) is 0 Å². The molecule has 0 N–H and O–H groups in total. The summed E-state index contributed by atoms with van der Waals surface area (Å²) in [6.07, 6.45) is -2.75. The zero-order valence-corrected chi connectivity index (χ0v) is 16.9. The molecular weight excluding hydrogens is 392 g/mol. The average Bonchev–Trinajstić information content (AvgIpc) is 3.08. The summed E-state index contributed by atoms with van der Waals surface area (Å²) in [5.41, 5.74) is 1.05. The van der Waals surface area contributed by atoms with Gasteiger partial charge >= 0.3 is 5.97 Å². The van der Waals surface area contributed by atoms with Crippen molar-refractivity contribution in [2.75, 3.05) is 13.7 Å². The van der Waals surface area contributed by atoms with Crippen molar-refractivity contribution in [1.29, 1.82) is 0 Å². The molecule has 30 heavy (non-hydrogen) atoms. The lowest BCUT2D eigenvalue weighted by molar-refractivity contribution is -0.207. The van der Waals surface area contributed by atoms with Crippen molar-refractivity contribution in [2.24, 2.45) is 0 Å². The third-order valence-corrected chi connectivity index (χ3v) is 5.77. The van der Waals surface area contributed by atoms with Gasteiger partial charge < -0.3 is 23.7 Å². The van der Waals surface area contributed by atoms with Crippen LogP contribution in [0.4, 0.5) is 0 Å². The van der Waals surface area contributed by atoms with Crippen LogP contribution in [0.1, 0.15) is 31.2 Å². The molecule has 6 atom stereocenters. The quantitative estimate of drug-likeness (QED) is 0.484. The number of rotatable bonds is 7. The smallest absolute Gasteiger partial charge is 0.308 e. The van der Waals surface area contributed by atoms with Gasteiger partial charge in [0.05, 0.1) is 32.3 Å². The van der Waals surface area contributed by atoms with Gasteiger partial charge in [-0.2, -0.15) is 0 Å². The fourth-order valence-corrected chi connectivity index (χ4v) is 4.19. The number of carbonyl (C=O) groups is 3. The molecule has 0 aliphatic carbocycles. The van der Waals surface area contributed by atoms with Gasteiger partial charge in [0.1, 0.15) is 12.2 Å². The maximum absolute atomic E-state index is 12.9. The summed E-state index contributed by atoms with van der Waals surface area (Å²) in [5.74, 6) is -0.887. The van der Waals surface area contributed by atoms with E-state index < -0.39 is 36.6 Å². The number of ether oxygens (including phenoxy) is 5. The van der Waals surface area contributed by atoms with Crippen LogP contribution in [0, 0.1) is 0 Å². The minimum absolute atomic E-state index is 0.0856. The SMILES string of the molecule is COC(=O)C[C@H]1CC[C@@H]2O[C@H]3C(=O)[C@@H](CCOCc4ccccc4)O[C@H]3C(=O)[C@H]2O1. The fourth-order valence-electron chi connectivity index (χ4n) is 4.19. The number of benzene rings is 1. The van der Waals surface area contributed by atoms with Gasteiger partial charge in [-0.1, -0.05) is 30.3 Å². The zero-order chi connectivity index (χ0) is 21.1. The van der Waals surface area contributed by atoms with Crippen LogP contribution in [0.3, 0.4) is 0 Å². The molecule has 3 heterocycles. The molecular formula is C22H26O8. The highest BCUT2D eigenvalue weighted by Gasteiger charge is 2.56. The zero-order valence-electron chi connectivity index (χ0n) is 16.9. The van der Waals surface area contributed by atoms with E-state index in [9.17, 15) is 14.4 Å². The first-order valence-electron chi connectivity index (χ1n) is 10.3. The number of carbonyl (C=O) groups excluding carboxylic acids is 3. The lowest BCUT2D eigenvalue weighted by Crippen LogP contribution is -2.58. The highest BCUT2D eigenvalue weighted by molar-refractivity contribution is 6.00. The van der Waals surface area contributed by atoms with Crippen molar-refractivity contribution in [3.8, 4) is 0 Å². The number of fused-ring (bicyclic) bond motifs is 2. The first kappa shape index (κ1) is 21.1. The molecule has 162 valence electrons. The summed E-state index contributed by atoms with van der Waals surface area (Å²) in [6, 6.07) is 9.74. The van der Waals surface area contributed by atoms with Crippen LogP contribution in [0.15, 0.2) is 30.3 Å². The van der Waals surface area contributed by atoms with E-state index in [-0.39, 0.29) is 24.0 Å². The number of hydrogen-bond donors (Lipinski definition) is 0. The Morgan fingerprint density at radius 1 is 1.00 bits per heavy atom. The van der Waals surface area contributed by atoms with Crippen LogP contribution in [0.25, 0.3) is 0 Å². The molecule has 0 unspecified atom stereocenters. The van der Waals surface area contributed by atoms with Crippen LogP contribution < -0.4 is 0 Å². The summed E-state index contributed by atoms with van der Waals surface area (Å²) in [4.78, 5) is 37.1. The van der Waals surface area contributed by atoms with Crippen molar-refractivity contribution in [1.82, 2.24) is 0 Å². The molecule has 1 aromatic rings. The maximum atomic E-state index is 12.9. The van der Waals surface area contributed by atoms with Crippen LogP contribution >= 0.6 is 0 Å². The fraction of sp³-hybridized carbons (Fsp3) is 0.591. The first-order chi connectivity index (χ1) is 14.6. The lowest BCUT2D eigenvalue weighted by atomic mass is 9.89. The van der Waals surface area contributed by atoms with E-state index in [0.717, 1.165) is 5.56 Å². The van der Waals surface area contributed by atoms with Crippen LogP contribution in [0.5, 0.6) is 0 Å². The third-order valence-electron chi connectivity index (χ3n) is 5.77. The predicted octanol–water partition coefficient (Wildman–Crippen LogP) is 1.38. The molecule has 0 saturated carbocycles. The Balaban J connectivity index is 1.30. The molecule has 3 saturated heterocycles. The normalized spacial score (nSPS) is 33.1. The molecule has 0 radical (unpaired) electrons. The number of esters is 1. The highest BCUT2D eigenvalue weighted by Crippen LogP contribution is 2.36. The summed E-state index contributed by atoms with van der Waals surface area (Å²) in [5, 5.41) is 0. The van der Waals surface area contributed by atoms with Gasteiger partial charge in [0.15, 0.2) is 23.8 Å². The van der Waals surface area contributed by atoms with E-state index in [2.05, 4.69) is 4.74 Å². The van der Waals surface area contributed by atoms with E-state index in [1.807, 2.05) is 30.3 Å². The summed E-state index contributed by atoms with van der Waals surface area (Å²) in [6.45, 7) is 0.785. The summed E-state index contributed by atoms with van der Waals surface area (Å²) < 4.78 is 27.8. The Labute approximate surface area is 174 Å². The van der Waals surface area contributed by atoms with Crippen LogP contribution in [0.2, 0.25) is 0 Å². The molecule has 4 rings (SSSR count). The largest absolute Gasteiger partial charge is 0.469 e. The molecule has 3 aliphatic heterocycles. The average molecular weight is 418 g/mol. The van der Waals surface area contributed by atoms with Gasteiger partial charge in [0.25, 0.3) is 0 Å². The third kappa shape index (κ3) is 4.46. The summed E-state index contributed by atoms with van der Waals surface area (Å²) in [7, 11) is 1.31. The molecule has 8 heteroatoms. The number of Topliss-reactive ketones (excluding diaryl/α,β-unsaturated/α-hetero) is 2. The topological polar surface area (TPSA) is 97.4 Å². The number of ketones is 2. The van der Waals surface area contributed by atoms with Gasteiger partial charge in [-0.3, -0.25) is 14.4 Å². The Hall–Kier alpha value is -2.13. The van der Waals surface area contributed by atoms with E-state index in [0.29, 0.717) is 32.5 Å². The Morgan fingerprint density at radius 2 is 1.77 bits per heavy atom. The molecule has 0 aromatic heterocycles. The van der Waals surface area contributed by atoms with Crippen molar-refractivity contribution >= 4 is 17.5 Å². The van der Waals surface area contributed by atoms with Gasteiger partial charge in [-0.15, -0.1) is 0 Å². The van der Waals surface area contributed by atoms with Crippen molar-refractivity contribution in [3.05, 3.63) is 35.9 Å². The molecule has 0 spiro atoms. The van der Waals surface area contributed by atoms with E-state index in [4.69, 9.17) is 18.9 Å². The standard InChI is InChI=1S/C22H26O8/c1-26-17(23)11-14-7-8-16-20(28-14)19(25)22-21(30-16)18(24)15(29-22)9-10-27-12-13-5-3-2-4-6-13/h2-6,14-16,20-22H,7-12H2,1H3/t14-,15-,16+,20+,21+,22+/m1/s1. The van der Waals surface area contributed by atoms with Gasteiger partial charge in [-0.05, 0) is 18.4 Å². The summed E-state index contributed by atoms with van der Waals surface area (Å²) >= 11 is 0. The predicted molar refractivity (Wildman–Crippen MR) is 103 cm³/mol. The van der Waals surface area contributed by atoms with Gasteiger partial charge in [-0.25, -0.2) is 0 Å². The molecule has 0 amide bonds. The van der Waals surface area contributed by atoms with Gasteiger partial charge in [0.2, 0.25) is 0 Å². The van der Waals surface area contributed by atoms with Crippen LogP contribution in [-0.4, -0.2) is 67.9 Å². The monoisotopic (exact) mass is 418 g/mol. The first-order valence-corrected chi connectivity index (χ1v) is 10.3. The lowest BCUT2D eigenvalue weighted by Gasteiger charge is -2.41. The van der Waals surface area contributed by atoms with Gasteiger partial charge in [0, 0.05) is 13.0 Å². The second-order valence-electron chi connectivity index (χ2n) is 7.81. The maximum Gasteiger partial charge on any atom is 0.308 e. The number of methoxy groups -OCH3 is 1. The Bertz CT molecular complexity index is 779. The molecule has 3 aliphatic rings. The van der Waals surface area contributed by atoms with E-state index >= 15 is 0 Å². The molecule has 8 nitrogen and oxygen atoms in total. The van der Waals surface area contributed by atoms with E-state index in [1.165, 1.54) is 7.11 Å². The number of hydrogen-bond acceptors (Lipinski definition) is 8. The van der Waals surface area contributed by atoms with Crippen molar-refractivity contribution < 1.29 is 38.1 Å². The minimum Gasteiger partial charge on any atom is -0.469 e. The second-order valence-corrected chi connectivity index (χ2v) is 7.81. The molecule has 0 bridgehead atoms. The highest BCUT2D eigenvalue weighted by atomic mass is 16.6. The Morgan fingerprint density at radius 3 is 2.53 bits per heavy atom. The van der Waals surface area contributed by atoms with Crippen molar-refractivity contribution in [2.45, 2.75) is 68.9 Å². The molecule has 3 fully saturated rings. The van der Waals surface area contributed by atoms with Crippen LogP contribution in [-0.2, 0) is 44.7 Å². The van der Waals surface area contributed by atoms with E-state index in [1.54, 1.807) is 0 Å².